The van der Waals surface area contributed by atoms with E-state index in [0.29, 0.717) is 43.4 Å². The van der Waals surface area contributed by atoms with E-state index in [1.165, 1.54) is 46.0 Å². The van der Waals surface area contributed by atoms with Crippen molar-refractivity contribution < 1.29 is 31.9 Å². The van der Waals surface area contributed by atoms with Crippen molar-refractivity contribution in [2.45, 2.75) is 44.8 Å². The first kappa shape index (κ1) is 32.3. The molecule has 1 N–H and O–H groups in total. The van der Waals surface area contributed by atoms with Crippen molar-refractivity contribution in [3.63, 3.8) is 0 Å². The second-order valence-electron chi connectivity index (χ2n) is 12.8. The number of halogens is 5. The van der Waals surface area contributed by atoms with Gasteiger partial charge in [-0.25, -0.2) is 18.3 Å². The van der Waals surface area contributed by atoms with Crippen LogP contribution in [0.3, 0.4) is 0 Å². The van der Waals surface area contributed by atoms with Gasteiger partial charge in [0.25, 0.3) is 5.91 Å². The Kier molecular flexibility index (Phi) is 8.75. The van der Waals surface area contributed by atoms with E-state index in [2.05, 4.69) is 25.4 Å². The minimum Gasteiger partial charge on any atom is -0.434 e. The summed E-state index contributed by atoms with van der Waals surface area (Å²) in [6.45, 7) is 0.313. The summed E-state index contributed by atoms with van der Waals surface area (Å²) in [5.74, 6) is -2.64. The van der Waals surface area contributed by atoms with Gasteiger partial charge in [0.15, 0.2) is 5.65 Å². The highest BCUT2D eigenvalue weighted by molar-refractivity contribution is 6.31. The van der Waals surface area contributed by atoms with Crippen LogP contribution in [0.4, 0.5) is 23.2 Å². The van der Waals surface area contributed by atoms with Crippen molar-refractivity contribution in [3.8, 4) is 17.0 Å². The molecule has 0 bridgehead atoms. The molecule has 48 heavy (non-hydrogen) atoms. The smallest absolute Gasteiger partial charge is 0.387 e. The molecule has 3 aliphatic rings. The van der Waals surface area contributed by atoms with E-state index in [0.717, 1.165) is 19.6 Å². The molecule has 3 aromatic heterocycles. The summed E-state index contributed by atoms with van der Waals surface area (Å²) in [5.41, 5.74) is 0.786. The second-order valence-corrected chi connectivity index (χ2v) is 13.3. The second kappa shape index (κ2) is 13.0. The van der Waals surface area contributed by atoms with Gasteiger partial charge in [0.05, 0.1) is 11.9 Å². The van der Waals surface area contributed by atoms with Crippen molar-refractivity contribution in [1.29, 1.82) is 0 Å². The van der Waals surface area contributed by atoms with E-state index >= 15 is 0 Å². The third-order valence-corrected chi connectivity index (χ3v) is 9.75. The molecule has 16 heteroatoms. The Hall–Kier alpha value is -4.24. The standard InChI is InChI=1S/C32H33ClF4N8O3/c33-22-2-3-26(48-31(34)35)23(10-22)28-25(40-30(47)24-11-39-45-9-1-8-38-29(24)45)17-44(41-28)18-27(46)43-15-20-13-42(14-21(20)16-43)12-19-4-6-32(36,37)7-5-19/h1-3,8-11,17,19-21,31H,4-7,12-16,18H2,(H,40,47). The number of rotatable bonds is 9. The highest BCUT2D eigenvalue weighted by Gasteiger charge is 2.43. The summed E-state index contributed by atoms with van der Waals surface area (Å²) in [5, 5.41) is 11.7. The lowest BCUT2D eigenvalue weighted by molar-refractivity contribution is -0.131. The van der Waals surface area contributed by atoms with Crippen LogP contribution < -0.4 is 10.1 Å². The highest BCUT2D eigenvalue weighted by Crippen LogP contribution is 2.39. The van der Waals surface area contributed by atoms with Crippen molar-refractivity contribution in [1.82, 2.24) is 34.2 Å². The summed E-state index contributed by atoms with van der Waals surface area (Å²) in [7, 11) is 0. The maximum atomic E-state index is 13.6. The number of carbonyl (C=O) groups is 2. The van der Waals surface area contributed by atoms with E-state index in [9.17, 15) is 27.2 Å². The van der Waals surface area contributed by atoms with Crippen molar-refractivity contribution in [3.05, 3.63) is 59.6 Å². The SMILES string of the molecule is O=C(Nc1cn(CC(=O)N2CC3CN(CC4CCC(F)(F)CC4)CC3C2)nc1-c1cc(Cl)ccc1OC(F)F)c1cnn2cccnc12. The number of carbonyl (C=O) groups excluding carboxylic acids is 2. The van der Waals surface area contributed by atoms with Crippen LogP contribution >= 0.6 is 11.6 Å². The largest absolute Gasteiger partial charge is 0.434 e. The fraction of sp³-hybridized carbons (Fsp3) is 0.469. The lowest BCUT2D eigenvalue weighted by Crippen LogP contribution is -2.37. The van der Waals surface area contributed by atoms with Crippen LogP contribution in [0.15, 0.2) is 49.1 Å². The Labute approximate surface area is 277 Å². The average molecular weight is 689 g/mol. The lowest BCUT2D eigenvalue weighted by atomic mass is 9.86. The summed E-state index contributed by atoms with van der Waals surface area (Å²) >= 11 is 6.23. The van der Waals surface area contributed by atoms with Crippen molar-refractivity contribution >= 4 is 34.7 Å². The van der Waals surface area contributed by atoms with Crippen LogP contribution in [-0.2, 0) is 11.3 Å². The van der Waals surface area contributed by atoms with Gasteiger partial charge in [0, 0.05) is 74.7 Å². The molecule has 11 nitrogen and oxygen atoms in total. The molecule has 7 rings (SSSR count). The first-order chi connectivity index (χ1) is 23.0. The van der Waals surface area contributed by atoms with Crippen LogP contribution in [0.25, 0.3) is 16.9 Å². The van der Waals surface area contributed by atoms with Crippen LogP contribution in [0.1, 0.15) is 36.0 Å². The molecular weight excluding hydrogens is 656 g/mol. The van der Waals surface area contributed by atoms with Gasteiger partial charge in [-0.05, 0) is 54.9 Å². The third-order valence-electron chi connectivity index (χ3n) is 9.51. The number of aromatic nitrogens is 5. The number of hydrogen-bond acceptors (Lipinski definition) is 7. The molecule has 2 aliphatic heterocycles. The Morgan fingerprint density at radius 2 is 1.85 bits per heavy atom. The Bertz CT molecular complexity index is 1810. The summed E-state index contributed by atoms with van der Waals surface area (Å²) in [6.07, 6.45) is 6.97. The number of likely N-dealkylation sites (tertiary alicyclic amines) is 2. The predicted octanol–water partition coefficient (Wildman–Crippen LogP) is 5.32. The highest BCUT2D eigenvalue weighted by atomic mass is 35.5. The van der Waals surface area contributed by atoms with E-state index < -0.39 is 18.4 Å². The molecule has 1 aliphatic carbocycles. The molecule has 2 amide bonds. The minimum atomic E-state index is -3.13. The molecule has 3 fully saturated rings. The fourth-order valence-electron chi connectivity index (χ4n) is 7.19. The number of nitrogens with zero attached hydrogens (tertiary/aromatic N) is 7. The third kappa shape index (κ3) is 6.83. The molecule has 4 aromatic rings. The summed E-state index contributed by atoms with van der Waals surface area (Å²) < 4.78 is 61.4. The number of anilines is 1. The van der Waals surface area contributed by atoms with Gasteiger partial charge in [0.1, 0.15) is 23.6 Å². The van der Waals surface area contributed by atoms with Crippen LogP contribution in [0.2, 0.25) is 5.02 Å². The van der Waals surface area contributed by atoms with Crippen molar-refractivity contribution in [2.75, 3.05) is 38.0 Å². The molecule has 5 heterocycles. The number of amides is 2. The van der Waals surface area contributed by atoms with E-state index in [4.69, 9.17) is 16.3 Å². The molecule has 1 saturated carbocycles. The lowest BCUT2D eigenvalue weighted by Gasteiger charge is -2.31. The number of fused-ring (bicyclic) bond motifs is 2. The first-order valence-corrected chi connectivity index (χ1v) is 16.2. The van der Waals surface area contributed by atoms with E-state index in [-0.39, 0.29) is 64.5 Å². The zero-order chi connectivity index (χ0) is 33.6. The molecule has 0 spiro atoms. The normalized spacial score (nSPS) is 21.2. The summed E-state index contributed by atoms with van der Waals surface area (Å²) in [6, 6.07) is 5.74. The molecule has 1 aromatic carbocycles. The summed E-state index contributed by atoms with van der Waals surface area (Å²) in [4.78, 5) is 35.3. The zero-order valence-corrected chi connectivity index (χ0v) is 26.5. The van der Waals surface area contributed by atoms with Crippen LogP contribution in [0, 0.1) is 17.8 Å². The molecule has 0 radical (unpaired) electrons. The Morgan fingerprint density at radius 3 is 2.58 bits per heavy atom. The van der Waals surface area contributed by atoms with Gasteiger partial charge in [-0.1, -0.05) is 11.6 Å². The molecule has 2 atom stereocenters. The number of ether oxygens (including phenoxy) is 1. The zero-order valence-electron chi connectivity index (χ0n) is 25.7. The molecule has 254 valence electrons. The van der Waals surface area contributed by atoms with Crippen molar-refractivity contribution in [2.24, 2.45) is 17.8 Å². The average Bonchev–Trinajstić information content (AvgIpc) is 3.82. The number of hydrogen-bond donors (Lipinski definition) is 1. The van der Waals surface area contributed by atoms with Gasteiger partial charge < -0.3 is 19.9 Å². The van der Waals surface area contributed by atoms with Gasteiger partial charge in [0.2, 0.25) is 11.8 Å². The Morgan fingerprint density at radius 1 is 1.10 bits per heavy atom. The van der Waals surface area contributed by atoms with Gasteiger partial charge in [-0.2, -0.15) is 19.0 Å². The van der Waals surface area contributed by atoms with Crippen LogP contribution in [-0.4, -0.2) is 91.3 Å². The number of alkyl halides is 4. The minimum absolute atomic E-state index is 0.0447. The van der Waals surface area contributed by atoms with E-state index in [1.807, 2.05) is 0 Å². The van der Waals surface area contributed by atoms with E-state index in [1.54, 1.807) is 17.2 Å². The Balaban J connectivity index is 1.07. The topological polar surface area (TPSA) is 110 Å². The van der Waals surface area contributed by atoms with Gasteiger partial charge in [-0.3, -0.25) is 14.3 Å². The fourth-order valence-corrected chi connectivity index (χ4v) is 7.36. The monoisotopic (exact) mass is 688 g/mol. The number of benzene rings is 1. The number of nitrogens with one attached hydrogen (secondary N) is 1. The van der Waals surface area contributed by atoms with Gasteiger partial charge >= 0.3 is 6.61 Å². The molecule has 2 saturated heterocycles. The molecular formula is C32H33ClF4N8O3. The maximum absolute atomic E-state index is 13.6. The quantitative estimate of drug-likeness (QED) is 0.237. The first-order valence-electron chi connectivity index (χ1n) is 15.8. The predicted molar refractivity (Wildman–Crippen MR) is 167 cm³/mol. The maximum Gasteiger partial charge on any atom is 0.387 e. The van der Waals surface area contributed by atoms with Gasteiger partial charge in [-0.15, -0.1) is 0 Å². The van der Waals surface area contributed by atoms with Crippen LogP contribution in [0.5, 0.6) is 5.75 Å². The molecule has 2 unspecified atom stereocenters.